The lowest BCUT2D eigenvalue weighted by Crippen LogP contribution is -2.26. The van der Waals surface area contributed by atoms with E-state index in [0.29, 0.717) is 17.7 Å². The quantitative estimate of drug-likeness (QED) is 0.584. The fraction of sp³-hybridized carbons (Fsp3) is 0.471. The van der Waals surface area contributed by atoms with E-state index < -0.39 is 30.2 Å². The van der Waals surface area contributed by atoms with E-state index in [9.17, 15) is 14.4 Å². The molecule has 0 aliphatic carbocycles. The molecule has 7 heteroatoms. The number of amides is 1. The number of carboxylic acids is 1. The van der Waals surface area contributed by atoms with E-state index >= 15 is 0 Å². The molecule has 0 bridgehead atoms. The Bertz CT molecular complexity index is 581. The van der Waals surface area contributed by atoms with Gasteiger partial charge in [-0.1, -0.05) is 32.9 Å². The number of rotatable bonds is 7. The second kappa shape index (κ2) is 8.90. The highest BCUT2D eigenvalue weighted by atomic mass is 16.7. The second-order valence-corrected chi connectivity index (χ2v) is 5.61. The molecule has 0 aromatic heterocycles. The Balaban J connectivity index is 2.58. The van der Waals surface area contributed by atoms with Gasteiger partial charge in [0.25, 0.3) is 0 Å². The maximum absolute atomic E-state index is 11.7. The van der Waals surface area contributed by atoms with Gasteiger partial charge in [-0.25, -0.2) is 4.79 Å². The largest absolute Gasteiger partial charge is 0.481 e. The number of aliphatic carboxylic acids is 1. The van der Waals surface area contributed by atoms with E-state index in [1.165, 1.54) is 6.92 Å². The van der Waals surface area contributed by atoms with Gasteiger partial charge in [0, 0.05) is 12.6 Å². The van der Waals surface area contributed by atoms with Crippen LogP contribution in [0.5, 0.6) is 0 Å². The first kappa shape index (κ1) is 19.5. The van der Waals surface area contributed by atoms with Crippen LogP contribution in [0.3, 0.4) is 0 Å². The molecule has 0 radical (unpaired) electrons. The van der Waals surface area contributed by atoms with Crippen LogP contribution in [0, 0.1) is 5.92 Å². The average Bonchev–Trinajstić information content (AvgIpc) is 2.48. The minimum absolute atomic E-state index is 0.313. The number of ether oxygens (including phenoxy) is 2. The molecule has 0 fully saturated rings. The number of hydrogen-bond donors (Lipinski definition) is 2. The van der Waals surface area contributed by atoms with E-state index in [4.69, 9.17) is 14.6 Å². The third kappa shape index (κ3) is 5.91. The van der Waals surface area contributed by atoms with Gasteiger partial charge in [-0.3, -0.25) is 14.9 Å². The van der Waals surface area contributed by atoms with Gasteiger partial charge in [0.1, 0.15) is 0 Å². The van der Waals surface area contributed by atoms with Crippen molar-refractivity contribution < 1.29 is 29.0 Å². The van der Waals surface area contributed by atoms with Gasteiger partial charge in [-0.05, 0) is 24.1 Å². The molecule has 0 heterocycles. The van der Waals surface area contributed by atoms with Crippen molar-refractivity contribution in [1.29, 1.82) is 0 Å². The first-order valence-corrected chi connectivity index (χ1v) is 7.75. The Kier molecular flexibility index (Phi) is 7.23. The third-order valence-electron chi connectivity index (χ3n) is 3.29. The lowest BCUT2D eigenvalue weighted by Gasteiger charge is -2.16. The molecule has 0 spiro atoms. The predicted molar refractivity (Wildman–Crippen MR) is 87.6 cm³/mol. The van der Waals surface area contributed by atoms with Gasteiger partial charge in [-0.15, -0.1) is 0 Å². The zero-order valence-corrected chi connectivity index (χ0v) is 14.2. The number of esters is 1. The normalized spacial score (nSPS) is 13.0. The zero-order valence-electron chi connectivity index (χ0n) is 14.2. The van der Waals surface area contributed by atoms with Gasteiger partial charge in [0.15, 0.2) is 0 Å². The number of carbonyl (C=O) groups is 3. The average molecular weight is 337 g/mol. The summed E-state index contributed by atoms with van der Waals surface area (Å²) in [5.74, 6) is -2.24. The minimum atomic E-state index is -1.00. The van der Waals surface area contributed by atoms with Crippen molar-refractivity contribution in [3.63, 3.8) is 0 Å². The molecular formula is C17H23NO6. The first-order chi connectivity index (χ1) is 11.2. The molecule has 1 rings (SSSR count). The molecule has 1 amide bonds. The highest BCUT2D eigenvalue weighted by molar-refractivity contribution is 5.85. The molecular weight excluding hydrogens is 314 g/mol. The number of carbonyl (C=O) groups excluding carboxylic acids is 2. The van der Waals surface area contributed by atoms with Crippen LogP contribution < -0.4 is 5.32 Å². The van der Waals surface area contributed by atoms with E-state index in [1.807, 2.05) is 0 Å². The third-order valence-corrected chi connectivity index (χ3v) is 3.29. The first-order valence-electron chi connectivity index (χ1n) is 7.75. The molecule has 132 valence electrons. The van der Waals surface area contributed by atoms with Crippen LogP contribution in [0.4, 0.5) is 10.5 Å². The molecule has 1 aromatic carbocycles. The highest BCUT2D eigenvalue weighted by Crippen LogP contribution is 2.21. The van der Waals surface area contributed by atoms with Gasteiger partial charge in [-0.2, -0.15) is 0 Å². The summed E-state index contributed by atoms with van der Waals surface area (Å²) in [4.78, 5) is 34.3. The molecule has 0 saturated heterocycles. The van der Waals surface area contributed by atoms with E-state index in [1.54, 1.807) is 45.0 Å². The Hall–Kier alpha value is -2.57. The Morgan fingerprint density at radius 2 is 1.67 bits per heavy atom. The number of benzene rings is 1. The van der Waals surface area contributed by atoms with E-state index in [-0.39, 0.29) is 5.92 Å². The van der Waals surface area contributed by atoms with Crippen LogP contribution in [0.1, 0.15) is 45.6 Å². The molecule has 1 aromatic rings. The van der Waals surface area contributed by atoms with E-state index in [0.717, 1.165) is 0 Å². The smallest absolute Gasteiger partial charge is 0.414 e. The lowest BCUT2D eigenvalue weighted by atomic mass is 9.96. The maximum atomic E-state index is 11.7. The summed E-state index contributed by atoms with van der Waals surface area (Å²) < 4.78 is 9.85. The SMILES string of the molecule is CCC(C(=O)O)c1ccc(NC(=O)O[C@H](C)OC(=O)C(C)C)cc1. The van der Waals surface area contributed by atoms with Crippen LogP contribution in [0.25, 0.3) is 0 Å². The Labute approximate surface area is 141 Å². The second-order valence-electron chi connectivity index (χ2n) is 5.61. The molecule has 0 saturated carbocycles. The molecule has 24 heavy (non-hydrogen) atoms. The van der Waals surface area contributed by atoms with Crippen molar-refractivity contribution in [3.05, 3.63) is 29.8 Å². The summed E-state index contributed by atoms with van der Waals surface area (Å²) >= 11 is 0. The number of nitrogens with one attached hydrogen (secondary N) is 1. The van der Waals surface area contributed by atoms with Crippen molar-refractivity contribution in [2.24, 2.45) is 5.92 Å². The van der Waals surface area contributed by atoms with Crippen LogP contribution in [-0.2, 0) is 19.1 Å². The summed E-state index contributed by atoms with van der Waals surface area (Å²) in [7, 11) is 0. The van der Waals surface area contributed by atoms with E-state index in [2.05, 4.69) is 5.32 Å². The topological polar surface area (TPSA) is 102 Å². The summed E-state index contributed by atoms with van der Waals surface area (Å²) in [6.07, 6.45) is -1.30. The number of carboxylic acid groups (broad SMARTS) is 1. The number of anilines is 1. The van der Waals surface area contributed by atoms with Crippen LogP contribution in [-0.4, -0.2) is 29.4 Å². The zero-order chi connectivity index (χ0) is 18.3. The molecule has 0 aliphatic heterocycles. The Morgan fingerprint density at radius 3 is 2.12 bits per heavy atom. The molecule has 2 atom stereocenters. The summed E-state index contributed by atoms with van der Waals surface area (Å²) in [6.45, 7) is 6.60. The maximum Gasteiger partial charge on any atom is 0.414 e. The van der Waals surface area contributed by atoms with Crippen LogP contribution >= 0.6 is 0 Å². The summed E-state index contributed by atoms with van der Waals surface area (Å²) in [5, 5.41) is 11.6. The lowest BCUT2D eigenvalue weighted by molar-refractivity contribution is -0.168. The Morgan fingerprint density at radius 1 is 1.08 bits per heavy atom. The van der Waals surface area contributed by atoms with Gasteiger partial charge >= 0.3 is 18.0 Å². The van der Waals surface area contributed by atoms with Crippen molar-refractivity contribution in [2.45, 2.75) is 46.3 Å². The van der Waals surface area contributed by atoms with Gasteiger partial charge in [0.2, 0.25) is 6.29 Å². The summed E-state index contributed by atoms with van der Waals surface area (Å²) in [6, 6.07) is 6.46. The number of hydrogen-bond acceptors (Lipinski definition) is 5. The van der Waals surface area contributed by atoms with Crippen LogP contribution in [0.15, 0.2) is 24.3 Å². The van der Waals surface area contributed by atoms with Gasteiger partial charge in [0.05, 0.1) is 11.8 Å². The molecule has 2 N–H and O–H groups in total. The monoisotopic (exact) mass is 337 g/mol. The van der Waals surface area contributed by atoms with Crippen molar-refractivity contribution in [2.75, 3.05) is 5.32 Å². The molecule has 7 nitrogen and oxygen atoms in total. The van der Waals surface area contributed by atoms with Crippen molar-refractivity contribution in [3.8, 4) is 0 Å². The fourth-order valence-corrected chi connectivity index (χ4v) is 1.97. The van der Waals surface area contributed by atoms with Crippen molar-refractivity contribution in [1.82, 2.24) is 0 Å². The van der Waals surface area contributed by atoms with Crippen molar-refractivity contribution >= 4 is 23.7 Å². The standard InChI is InChI=1S/C17H23NO6/c1-5-14(15(19)20)12-6-8-13(9-7-12)18-17(22)24-11(4)23-16(21)10(2)3/h6-11,14H,5H2,1-4H3,(H,18,22)(H,19,20)/t11-,14?/m1/s1. The molecule has 1 unspecified atom stereocenters. The summed E-state index contributed by atoms with van der Waals surface area (Å²) in [5.41, 5.74) is 1.11. The fourth-order valence-electron chi connectivity index (χ4n) is 1.97. The van der Waals surface area contributed by atoms with Gasteiger partial charge < -0.3 is 14.6 Å². The molecule has 0 aliphatic rings. The predicted octanol–water partition coefficient (Wildman–Crippen LogP) is 3.36. The van der Waals surface area contributed by atoms with Crippen LogP contribution in [0.2, 0.25) is 0 Å². The minimum Gasteiger partial charge on any atom is -0.481 e. The highest BCUT2D eigenvalue weighted by Gasteiger charge is 2.18.